The third-order valence-corrected chi connectivity index (χ3v) is 2.23. The Labute approximate surface area is 74.9 Å². The standard InChI is InChI=1S/C8H11NO4/c9-7(12)3-4-8(13)5(10)1-2-6(8)11/h13H,1-4H2,(H2,9,12). The molecule has 1 rings (SSSR count). The maximum absolute atomic E-state index is 11.1. The van der Waals surface area contributed by atoms with Crippen molar-refractivity contribution in [3.8, 4) is 0 Å². The molecule has 0 aliphatic heterocycles. The first kappa shape index (κ1) is 9.85. The van der Waals surface area contributed by atoms with Crippen LogP contribution in [0.5, 0.6) is 0 Å². The van der Waals surface area contributed by atoms with Crippen LogP contribution in [0.2, 0.25) is 0 Å². The summed E-state index contributed by atoms with van der Waals surface area (Å²) in [5.41, 5.74) is 2.91. The van der Waals surface area contributed by atoms with E-state index in [9.17, 15) is 19.5 Å². The Morgan fingerprint density at radius 3 is 2.23 bits per heavy atom. The van der Waals surface area contributed by atoms with Crippen molar-refractivity contribution in [3.05, 3.63) is 0 Å². The molecule has 1 saturated carbocycles. The zero-order valence-electron chi connectivity index (χ0n) is 7.08. The summed E-state index contributed by atoms with van der Waals surface area (Å²) in [5.74, 6) is -1.63. The maximum Gasteiger partial charge on any atom is 0.217 e. The monoisotopic (exact) mass is 185 g/mol. The van der Waals surface area contributed by atoms with Gasteiger partial charge in [0, 0.05) is 19.3 Å². The quantitative estimate of drug-likeness (QED) is 0.546. The number of primary amides is 1. The van der Waals surface area contributed by atoms with Crippen molar-refractivity contribution in [2.45, 2.75) is 31.3 Å². The summed E-state index contributed by atoms with van der Waals surface area (Å²) in [6.45, 7) is 0. The highest BCUT2D eigenvalue weighted by Crippen LogP contribution is 2.26. The van der Waals surface area contributed by atoms with Gasteiger partial charge in [-0.3, -0.25) is 14.4 Å². The first-order valence-electron chi connectivity index (χ1n) is 4.04. The van der Waals surface area contributed by atoms with E-state index >= 15 is 0 Å². The molecule has 0 aromatic rings. The molecular formula is C8H11NO4. The van der Waals surface area contributed by atoms with Crippen LogP contribution < -0.4 is 5.73 Å². The highest BCUT2D eigenvalue weighted by Gasteiger charge is 2.47. The Kier molecular flexibility index (Phi) is 2.47. The van der Waals surface area contributed by atoms with E-state index < -0.39 is 23.1 Å². The number of aliphatic hydroxyl groups is 1. The molecule has 0 atom stereocenters. The summed E-state index contributed by atoms with van der Waals surface area (Å²) in [5, 5.41) is 9.57. The molecule has 1 aliphatic rings. The van der Waals surface area contributed by atoms with Crippen molar-refractivity contribution in [2.24, 2.45) is 5.73 Å². The second-order valence-corrected chi connectivity index (χ2v) is 3.17. The van der Waals surface area contributed by atoms with Gasteiger partial charge < -0.3 is 10.8 Å². The number of Topliss-reactive ketones (excluding diaryl/α,β-unsaturated/α-hetero) is 2. The van der Waals surface area contributed by atoms with Gasteiger partial charge in [0.25, 0.3) is 0 Å². The van der Waals surface area contributed by atoms with E-state index in [4.69, 9.17) is 5.73 Å². The molecule has 0 aromatic heterocycles. The number of carbonyl (C=O) groups excluding carboxylic acids is 3. The van der Waals surface area contributed by atoms with E-state index in [1.54, 1.807) is 0 Å². The average Bonchev–Trinajstić information content (AvgIpc) is 2.31. The van der Waals surface area contributed by atoms with Gasteiger partial charge in [-0.15, -0.1) is 0 Å². The molecule has 0 saturated heterocycles. The number of rotatable bonds is 3. The van der Waals surface area contributed by atoms with E-state index in [-0.39, 0.29) is 25.7 Å². The molecule has 1 fully saturated rings. The molecule has 1 amide bonds. The third-order valence-electron chi connectivity index (χ3n) is 2.23. The fourth-order valence-corrected chi connectivity index (χ4v) is 1.38. The van der Waals surface area contributed by atoms with Crippen molar-refractivity contribution < 1.29 is 19.5 Å². The van der Waals surface area contributed by atoms with Crippen LogP contribution in [0.1, 0.15) is 25.7 Å². The van der Waals surface area contributed by atoms with Gasteiger partial charge in [-0.05, 0) is 6.42 Å². The number of amides is 1. The van der Waals surface area contributed by atoms with E-state index in [2.05, 4.69) is 0 Å². The maximum atomic E-state index is 11.1. The zero-order valence-corrected chi connectivity index (χ0v) is 7.08. The van der Waals surface area contributed by atoms with Gasteiger partial charge in [-0.2, -0.15) is 0 Å². The minimum absolute atomic E-state index is 0.0636. The van der Waals surface area contributed by atoms with Crippen LogP contribution in [0.15, 0.2) is 0 Å². The number of ketones is 2. The van der Waals surface area contributed by atoms with Crippen LogP contribution in [0.4, 0.5) is 0 Å². The largest absolute Gasteiger partial charge is 0.375 e. The highest BCUT2D eigenvalue weighted by atomic mass is 16.3. The van der Waals surface area contributed by atoms with Crippen LogP contribution in [0.25, 0.3) is 0 Å². The Bertz CT molecular complexity index is 255. The Hall–Kier alpha value is -1.23. The van der Waals surface area contributed by atoms with Crippen molar-refractivity contribution in [3.63, 3.8) is 0 Å². The SMILES string of the molecule is NC(=O)CCC1(O)C(=O)CCC1=O. The molecule has 72 valence electrons. The van der Waals surface area contributed by atoms with Gasteiger partial charge in [-0.1, -0.05) is 0 Å². The van der Waals surface area contributed by atoms with Gasteiger partial charge in [0.2, 0.25) is 5.91 Å². The predicted molar refractivity (Wildman–Crippen MR) is 42.6 cm³/mol. The lowest BCUT2D eigenvalue weighted by Crippen LogP contribution is -2.41. The number of hydrogen-bond donors (Lipinski definition) is 2. The summed E-state index contributed by atoms with van der Waals surface area (Å²) in [6, 6.07) is 0. The molecule has 0 spiro atoms. The first-order valence-corrected chi connectivity index (χ1v) is 4.04. The van der Waals surface area contributed by atoms with E-state index in [1.165, 1.54) is 0 Å². The second-order valence-electron chi connectivity index (χ2n) is 3.17. The van der Waals surface area contributed by atoms with Crippen LogP contribution in [0.3, 0.4) is 0 Å². The first-order chi connectivity index (χ1) is 5.97. The molecule has 13 heavy (non-hydrogen) atoms. The lowest BCUT2D eigenvalue weighted by molar-refractivity contribution is -0.145. The Balaban J connectivity index is 2.68. The Morgan fingerprint density at radius 1 is 1.38 bits per heavy atom. The summed E-state index contributed by atoms with van der Waals surface area (Å²) in [7, 11) is 0. The molecule has 0 aromatic carbocycles. The van der Waals surface area contributed by atoms with Crippen LogP contribution in [-0.4, -0.2) is 28.2 Å². The van der Waals surface area contributed by atoms with Crippen LogP contribution in [0, 0.1) is 0 Å². The van der Waals surface area contributed by atoms with E-state index in [0.29, 0.717) is 0 Å². The molecule has 0 unspecified atom stereocenters. The second kappa shape index (κ2) is 3.26. The topological polar surface area (TPSA) is 97.5 Å². The molecule has 1 aliphatic carbocycles. The minimum atomic E-state index is -1.94. The lowest BCUT2D eigenvalue weighted by atomic mass is 9.94. The summed E-state index contributed by atoms with van der Waals surface area (Å²) >= 11 is 0. The zero-order chi connectivity index (χ0) is 10.1. The van der Waals surface area contributed by atoms with E-state index in [1.807, 2.05) is 0 Å². The summed E-state index contributed by atoms with van der Waals surface area (Å²) in [4.78, 5) is 32.6. The van der Waals surface area contributed by atoms with Crippen molar-refractivity contribution in [1.82, 2.24) is 0 Å². The van der Waals surface area contributed by atoms with Gasteiger partial charge in [0.05, 0.1) is 0 Å². The third kappa shape index (κ3) is 1.75. The van der Waals surface area contributed by atoms with Gasteiger partial charge in [0.1, 0.15) is 0 Å². The fourth-order valence-electron chi connectivity index (χ4n) is 1.38. The molecular weight excluding hydrogens is 174 g/mol. The van der Waals surface area contributed by atoms with E-state index in [0.717, 1.165) is 0 Å². The molecule has 0 bridgehead atoms. The number of carbonyl (C=O) groups is 3. The minimum Gasteiger partial charge on any atom is -0.375 e. The van der Waals surface area contributed by atoms with Crippen molar-refractivity contribution in [2.75, 3.05) is 0 Å². The number of hydrogen-bond acceptors (Lipinski definition) is 4. The normalized spacial score (nSPS) is 20.7. The summed E-state index contributed by atoms with van der Waals surface area (Å²) in [6.07, 6.45) is -0.198. The smallest absolute Gasteiger partial charge is 0.217 e. The lowest BCUT2D eigenvalue weighted by Gasteiger charge is -2.17. The van der Waals surface area contributed by atoms with Crippen molar-refractivity contribution in [1.29, 1.82) is 0 Å². The molecule has 0 radical (unpaired) electrons. The average molecular weight is 185 g/mol. The van der Waals surface area contributed by atoms with Gasteiger partial charge in [-0.25, -0.2) is 0 Å². The molecule has 0 heterocycles. The molecule has 5 heteroatoms. The molecule has 3 N–H and O–H groups in total. The predicted octanol–water partition coefficient (Wildman–Crippen LogP) is -1.09. The molecule has 5 nitrogen and oxygen atoms in total. The van der Waals surface area contributed by atoms with Gasteiger partial charge in [0.15, 0.2) is 17.2 Å². The number of nitrogens with two attached hydrogens (primary N) is 1. The van der Waals surface area contributed by atoms with Crippen LogP contribution >= 0.6 is 0 Å². The summed E-state index contributed by atoms with van der Waals surface area (Å²) < 4.78 is 0. The van der Waals surface area contributed by atoms with Crippen molar-refractivity contribution >= 4 is 17.5 Å². The highest BCUT2D eigenvalue weighted by molar-refractivity contribution is 6.15. The van der Waals surface area contributed by atoms with Crippen LogP contribution in [-0.2, 0) is 14.4 Å². The van der Waals surface area contributed by atoms with Gasteiger partial charge >= 0.3 is 0 Å². The fraction of sp³-hybridized carbons (Fsp3) is 0.625. The Morgan fingerprint density at radius 2 is 1.85 bits per heavy atom.